The lowest BCUT2D eigenvalue weighted by Crippen LogP contribution is -2.50. The van der Waals surface area contributed by atoms with Crippen molar-refractivity contribution in [3.05, 3.63) is 0 Å². The second kappa shape index (κ2) is 9.03. The molecule has 21 heavy (non-hydrogen) atoms. The van der Waals surface area contributed by atoms with Crippen LogP contribution in [0.25, 0.3) is 0 Å². The molecule has 0 aromatic rings. The van der Waals surface area contributed by atoms with Crippen LogP contribution in [0.3, 0.4) is 0 Å². The van der Waals surface area contributed by atoms with E-state index in [4.69, 9.17) is 0 Å². The summed E-state index contributed by atoms with van der Waals surface area (Å²) in [6, 6.07) is 0. The molecule has 5 heteroatoms. The Hall–Kier alpha value is -1.10. The molecule has 0 spiro atoms. The minimum Gasteiger partial charge on any atom is -0.355 e. The molecule has 1 fully saturated rings. The van der Waals surface area contributed by atoms with Crippen molar-refractivity contribution in [3.63, 3.8) is 0 Å². The highest BCUT2D eigenvalue weighted by Gasteiger charge is 2.21. The molecule has 0 aromatic carbocycles. The van der Waals surface area contributed by atoms with E-state index in [-0.39, 0.29) is 11.8 Å². The van der Waals surface area contributed by atoms with E-state index in [1.807, 2.05) is 18.7 Å². The molecule has 0 atom stereocenters. The Bertz CT molecular complexity index is 332. The first-order chi connectivity index (χ1) is 9.88. The van der Waals surface area contributed by atoms with Crippen molar-refractivity contribution in [3.8, 4) is 0 Å². The number of nitrogens with one attached hydrogen (secondary N) is 1. The van der Waals surface area contributed by atoms with Crippen molar-refractivity contribution in [2.75, 3.05) is 39.3 Å². The predicted octanol–water partition coefficient (Wildman–Crippen LogP) is 1.34. The van der Waals surface area contributed by atoms with Gasteiger partial charge >= 0.3 is 0 Å². The van der Waals surface area contributed by atoms with Crippen LogP contribution in [0.4, 0.5) is 0 Å². The molecule has 122 valence electrons. The quantitative estimate of drug-likeness (QED) is 0.771. The number of amides is 2. The Morgan fingerprint density at radius 3 is 2.05 bits per heavy atom. The topological polar surface area (TPSA) is 52.7 Å². The summed E-state index contributed by atoms with van der Waals surface area (Å²) >= 11 is 0. The van der Waals surface area contributed by atoms with E-state index in [2.05, 4.69) is 24.1 Å². The van der Waals surface area contributed by atoms with Crippen molar-refractivity contribution in [1.29, 1.82) is 0 Å². The third-order valence-corrected chi connectivity index (χ3v) is 3.65. The van der Waals surface area contributed by atoms with Crippen LogP contribution in [0.2, 0.25) is 0 Å². The summed E-state index contributed by atoms with van der Waals surface area (Å²) < 4.78 is 0. The highest BCUT2D eigenvalue weighted by atomic mass is 16.2. The largest absolute Gasteiger partial charge is 0.355 e. The van der Waals surface area contributed by atoms with Crippen LogP contribution < -0.4 is 5.32 Å². The second-order valence-corrected chi connectivity index (χ2v) is 6.77. The number of hydrogen-bond donors (Lipinski definition) is 1. The van der Waals surface area contributed by atoms with Crippen molar-refractivity contribution < 1.29 is 9.59 Å². The maximum absolute atomic E-state index is 12.0. The molecule has 0 aromatic heterocycles. The summed E-state index contributed by atoms with van der Waals surface area (Å²) in [5.41, 5.74) is 0. The molecule has 1 rings (SSSR count). The maximum atomic E-state index is 12.0. The average molecular weight is 297 g/mol. The number of nitrogens with zero attached hydrogens (tertiary/aromatic N) is 2. The Balaban J connectivity index is 2.16. The van der Waals surface area contributed by atoms with Gasteiger partial charge in [-0.2, -0.15) is 0 Å². The van der Waals surface area contributed by atoms with Gasteiger partial charge in [0.1, 0.15) is 0 Å². The first kappa shape index (κ1) is 18.0. The molecule has 1 heterocycles. The number of piperazine rings is 1. The summed E-state index contributed by atoms with van der Waals surface area (Å²) in [4.78, 5) is 27.8. The average Bonchev–Trinajstić information content (AvgIpc) is 2.37. The highest BCUT2D eigenvalue weighted by Crippen LogP contribution is 2.07. The number of hydrogen-bond acceptors (Lipinski definition) is 3. The SMILES string of the molecule is CC(C)CC(=O)NCCN1CCN(C(=O)CC(C)C)CC1. The van der Waals surface area contributed by atoms with E-state index in [9.17, 15) is 9.59 Å². The van der Waals surface area contributed by atoms with Crippen LogP contribution in [-0.4, -0.2) is 60.9 Å². The lowest BCUT2D eigenvalue weighted by Gasteiger charge is -2.35. The zero-order valence-corrected chi connectivity index (χ0v) is 14.0. The minimum absolute atomic E-state index is 0.135. The minimum atomic E-state index is 0.135. The van der Waals surface area contributed by atoms with Gasteiger partial charge in [-0.15, -0.1) is 0 Å². The maximum Gasteiger partial charge on any atom is 0.222 e. The third-order valence-electron chi connectivity index (χ3n) is 3.65. The van der Waals surface area contributed by atoms with Gasteiger partial charge in [0.25, 0.3) is 0 Å². The van der Waals surface area contributed by atoms with Crippen molar-refractivity contribution in [1.82, 2.24) is 15.1 Å². The summed E-state index contributed by atoms with van der Waals surface area (Å²) in [6.45, 7) is 13.3. The number of carbonyl (C=O) groups is 2. The lowest BCUT2D eigenvalue weighted by atomic mass is 10.1. The molecule has 0 saturated carbocycles. The predicted molar refractivity (Wildman–Crippen MR) is 84.9 cm³/mol. The first-order valence-corrected chi connectivity index (χ1v) is 8.15. The van der Waals surface area contributed by atoms with Crippen LogP contribution in [0.1, 0.15) is 40.5 Å². The van der Waals surface area contributed by atoms with E-state index in [1.165, 1.54) is 0 Å². The van der Waals surface area contributed by atoms with E-state index in [1.54, 1.807) is 0 Å². The van der Waals surface area contributed by atoms with Gasteiger partial charge in [0.15, 0.2) is 0 Å². The van der Waals surface area contributed by atoms with Crippen molar-refractivity contribution in [2.24, 2.45) is 11.8 Å². The summed E-state index contributed by atoms with van der Waals surface area (Å²) in [6.07, 6.45) is 1.24. The molecular formula is C16H31N3O2. The zero-order valence-electron chi connectivity index (χ0n) is 14.0. The van der Waals surface area contributed by atoms with Crippen LogP contribution in [-0.2, 0) is 9.59 Å². The van der Waals surface area contributed by atoms with Gasteiger partial charge in [-0.1, -0.05) is 27.7 Å². The van der Waals surface area contributed by atoms with Crippen molar-refractivity contribution in [2.45, 2.75) is 40.5 Å². The van der Waals surface area contributed by atoms with E-state index in [0.717, 1.165) is 32.7 Å². The normalized spacial score (nSPS) is 16.6. The Kier molecular flexibility index (Phi) is 7.72. The zero-order chi connectivity index (χ0) is 15.8. The van der Waals surface area contributed by atoms with Crippen LogP contribution in [0, 0.1) is 11.8 Å². The Labute approximate surface area is 129 Å². The Morgan fingerprint density at radius 1 is 0.952 bits per heavy atom. The smallest absolute Gasteiger partial charge is 0.222 e. The van der Waals surface area contributed by atoms with Gasteiger partial charge in [-0.3, -0.25) is 14.5 Å². The number of carbonyl (C=O) groups excluding carboxylic acids is 2. The fourth-order valence-electron chi connectivity index (χ4n) is 2.50. The van der Waals surface area contributed by atoms with Crippen molar-refractivity contribution >= 4 is 11.8 Å². The highest BCUT2D eigenvalue weighted by molar-refractivity contribution is 5.76. The molecule has 1 aliphatic rings. The molecule has 0 radical (unpaired) electrons. The van der Waals surface area contributed by atoms with Gasteiger partial charge in [0.05, 0.1) is 0 Å². The molecule has 1 aliphatic heterocycles. The fraction of sp³-hybridized carbons (Fsp3) is 0.875. The third kappa shape index (κ3) is 7.46. The molecule has 2 amide bonds. The van der Waals surface area contributed by atoms with E-state index >= 15 is 0 Å². The second-order valence-electron chi connectivity index (χ2n) is 6.77. The molecule has 0 bridgehead atoms. The van der Waals surface area contributed by atoms with Gasteiger partial charge in [-0.25, -0.2) is 0 Å². The van der Waals surface area contributed by atoms with E-state index < -0.39 is 0 Å². The fourth-order valence-corrected chi connectivity index (χ4v) is 2.50. The van der Waals surface area contributed by atoms with Crippen LogP contribution >= 0.6 is 0 Å². The lowest BCUT2D eigenvalue weighted by molar-refractivity contribution is -0.133. The molecule has 0 unspecified atom stereocenters. The first-order valence-electron chi connectivity index (χ1n) is 8.15. The molecular weight excluding hydrogens is 266 g/mol. The standard InChI is InChI=1S/C16H31N3O2/c1-13(2)11-15(20)17-5-6-18-7-9-19(10-8-18)16(21)12-14(3)4/h13-14H,5-12H2,1-4H3,(H,17,20). The summed E-state index contributed by atoms with van der Waals surface area (Å²) in [5.74, 6) is 1.23. The molecule has 5 nitrogen and oxygen atoms in total. The summed E-state index contributed by atoms with van der Waals surface area (Å²) in [7, 11) is 0. The Morgan fingerprint density at radius 2 is 1.52 bits per heavy atom. The van der Waals surface area contributed by atoms with Crippen LogP contribution in [0.15, 0.2) is 0 Å². The molecule has 0 aliphatic carbocycles. The van der Waals surface area contributed by atoms with Gasteiger partial charge in [0, 0.05) is 52.1 Å². The van der Waals surface area contributed by atoms with Gasteiger partial charge in [0.2, 0.25) is 11.8 Å². The monoisotopic (exact) mass is 297 g/mol. The molecule has 1 N–H and O–H groups in total. The summed E-state index contributed by atoms with van der Waals surface area (Å²) in [5, 5.41) is 2.96. The van der Waals surface area contributed by atoms with Crippen LogP contribution in [0.5, 0.6) is 0 Å². The van der Waals surface area contributed by atoms with Gasteiger partial charge in [-0.05, 0) is 11.8 Å². The van der Waals surface area contributed by atoms with E-state index in [0.29, 0.717) is 31.2 Å². The van der Waals surface area contributed by atoms with Gasteiger partial charge < -0.3 is 10.2 Å². The number of rotatable bonds is 7. The molecule has 1 saturated heterocycles.